The number of nitrogen functional groups attached to an aromatic ring is 1. The van der Waals surface area contributed by atoms with Crippen LogP contribution in [-0.4, -0.2) is 148 Å². The van der Waals surface area contributed by atoms with Gasteiger partial charge in [-0.15, -0.1) is 0 Å². The monoisotopic (exact) mass is 889 g/mol. The number of aromatic amines is 1. The second kappa shape index (κ2) is 21.4. The van der Waals surface area contributed by atoms with Crippen LogP contribution in [0.15, 0.2) is 34.5 Å². The maximum Gasteiger partial charge on any atom is 0.472 e. The predicted molar refractivity (Wildman–Crippen MR) is 196 cm³/mol. The Hall–Kier alpha value is -3.07. The largest absolute Gasteiger partial charge is 0.472 e. The number of phosphoric acid groups is 1. The number of hydrogen-bond donors (Lipinski definition) is 4. The van der Waals surface area contributed by atoms with Crippen LogP contribution >= 0.6 is 26.0 Å². The highest BCUT2D eigenvalue weighted by molar-refractivity contribution is 8.55. The number of carbonyl (C=O) groups is 1. The number of ketones is 1. The number of aliphatic hydroxyl groups excluding tert-OH is 1. The molecule has 2 fully saturated rings. The van der Waals surface area contributed by atoms with Crippen molar-refractivity contribution in [2.75, 3.05) is 78.1 Å². The Morgan fingerprint density at radius 2 is 1.78 bits per heavy atom. The van der Waals surface area contributed by atoms with E-state index in [0.717, 1.165) is 41.2 Å². The van der Waals surface area contributed by atoms with Crippen molar-refractivity contribution in [2.45, 2.75) is 56.0 Å². The number of aliphatic hydroxyl groups is 1. The summed E-state index contributed by atoms with van der Waals surface area (Å²) in [5.41, 5.74) is 4.34. The van der Waals surface area contributed by atoms with E-state index in [2.05, 4.69) is 15.0 Å². The Labute approximate surface area is 331 Å². The van der Waals surface area contributed by atoms with Gasteiger partial charge in [0.15, 0.2) is 35.9 Å². The van der Waals surface area contributed by atoms with Gasteiger partial charge in [-0.25, -0.2) is 37.7 Å². The zero-order valence-corrected chi connectivity index (χ0v) is 33.4. The first kappa shape index (κ1) is 46.0. The Morgan fingerprint density at radius 1 is 1.03 bits per heavy atom. The minimum absolute atomic E-state index is 0.0282. The van der Waals surface area contributed by atoms with Crippen LogP contribution in [0.4, 0.5) is 14.6 Å². The summed E-state index contributed by atoms with van der Waals surface area (Å²) in [5.74, 6) is -0.889. The molecule has 0 aromatic carbocycles. The van der Waals surface area contributed by atoms with E-state index in [-0.39, 0.29) is 55.6 Å². The second-order valence-corrected chi connectivity index (χ2v) is 18.0. The molecule has 2 unspecified atom stereocenters. The molecule has 5 rings (SSSR count). The molecule has 0 radical (unpaired) electrons. The number of aromatic nitrogens is 6. The van der Waals surface area contributed by atoms with Gasteiger partial charge in [0, 0.05) is 39.0 Å². The average molecular weight is 890 g/mol. The number of rotatable bonds is 25. The fourth-order valence-electron chi connectivity index (χ4n) is 5.57. The molecule has 2 saturated heterocycles. The molecule has 0 saturated carbocycles. The standard InChI is InChI=1S/C30H43F2N7O16P2S/c1-47-57(46,58-15-18(41)12-50-10-9-49-8-7-48-6-2-5-40)52-14-21-25(23(32)29(54-21)39-17-36-24-26(33)34-16-35-27(24)39)55-56(44,45)51-13-19-11-20(31)28(53-19)38-4-3-22(42)37-30(38)43/h3-4,16-17,19-21,23,25,28-29,40H,2,5-15H2,1H3,(H,44,45)(H2,33,34,35)(H,37,42,43)/t19-,20+,21+,23+,25+,28+,29+,57?/m0/s1. The molecule has 5 heterocycles. The number of H-pyrrole nitrogens is 1. The third-order valence-corrected chi connectivity index (χ3v) is 13.1. The molecule has 3 aromatic rings. The number of nitrogens with one attached hydrogen (secondary N) is 1. The van der Waals surface area contributed by atoms with Crippen molar-refractivity contribution in [2.24, 2.45) is 0 Å². The van der Waals surface area contributed by atoms with E-state index >= 15 is 4.39 Å². The van der Waals surface area contributed by atoms with Crippen LogP contribution in [0.25, 0.3) is 11.2 Å². The van der Waals surface area contributed by atoms with Crippen LogP contribution < -0.4 is 17.0 Å². The van der Waals surface area contributed by atoms with E-state index in [1.165, 1.54) is 0 Å². The lowest BCUT2D eigenvalue weighted by molar-refractivity contribution is -0.121. The smallest absolute Gasteiger partial charge is 0.396 e. The molecular weight excluding hydrogens is 846 g/mol. The summed E-state index contributed by atoms with van der Waals surface area (Å²) in [4.78, 5) is 60.6. The first-order valence-electron chi connectivity index (χ1n) is 17.5. The molecule has 0 amide bonds. The quantitative estimate of drug-likeness (QED) is 0.0676. The predicted octanol–water partition coefficient (Wildman–Crippen LogP) is 0.828. The average Bonchev–Trinajstić information content (AvgIpc) is 3.88. The molecular formula is C30H43F2N7O16P2S. The van der Waals surface area contributed by atoms with Gasteiger partial charge in [-0.2, -0.15) is 0 Å². The van der Waals surface area contributed by atoms with Crippen LogP contribution in [0.3, 0.4) is 0 Å². The van der Waals surface area contributed by atoms with E-state index < -0.39 is 88.0 Å². The van der Waals surface area contributed by atoms with Gasteiger partial charge in [-0.3, -0.25) is 37.3 Å². The number of ether oxygens (including phenoxy) is 5. The summed E-state index contributed by atoms with van der Waals surface area (Å²) in [7, 11) is -4.18. The number of carbonyl (C=O) groups excluding carboxylic acids is 1. The van der Waals surface area contributed by atoms with Crippen LogP contribution in [0, 0.1) is 0 Å². The van der Waals surface area contributed by atoms with Gasteiger partial charge < -0.3 is 43.9 Å². The first-order valence-corrected chi connectivity index (χ1v) is 22.2. The maximum absolute atomic E-state index is 16.3. The third-order valence-electron chi connectivity index (χ3n) is 8.32. The Balaban J connectivity index is 1.18. The fraction of sp³-hybridized carbons (Fsp3) is 0.667. The Kier molecular flexibility index (Phi) is 17.0. The summed E-state index contributed by atoms with van der Waals surface area (Å²) < 4.78 is 108. The highest BCUT2D eigenvalue weighted by Gasteiger charge is 2.52. The number of halogens is 2. The fourth-order valence-corrected chi connectivity index (χ4v) is 9.17. The van der Waals surface area contributed by atoms with Gasteiger partial charge >= 0.3 is 20.3 Å². The minimum atomic E-state index is -5.23. The lowest BCUT2D eigenvalue weighted by Crippen LogP contribution is -2.34. The molecule has 3 aromatic heterocycles. The van der Waals surface area contributed by atoms with E-state index in [9.17, 15) is 32.8 Å². The number of nitrogens with two attached hydrogens (primary N) is 1. The number of anilines is 1. The van der Waals surface area contributed by atoms with Crippen molar-refractivity contribution in [1.29, 1.82) is 0 Å². The minimum Gasteiger partial charge on any atom is -0.396 e. The van der Waals surface area contributed by atoms with Gasteiger partial charge in [0.1, 0.15) is 36.8 Å². The van der Waals surface area contributed by atoms with Crippen molar-refractivity contribution in [3.63, 3.8) is 0 Å². The normalized spacial score (nSPS) is 25.6. The van der Waals surface area contributed by atoms with Crippen LogP contribution in [0.2, 0.25) is 0 Å². The molecule has 2 aliphatic rings. The highest BCUT2D eigenvalue weighted by atomic mass is 32.7. The molecule has 2 aliphatic heterocycles. The highest BCUT2D eigenvalue weighted by Crippen LogP contribution is 2.60. The molecule has 0 spiro atoms. The maximum atomic E-state index is 16.3. The second-order valence-electron chi connectivity index (χ2n) is 12.4. The van der Waals surface area contributed by atoms with Crippen molar-refractivity contribution in [3.05, 3.63) is 45.8 Å². The number of phosphoric ester groups is 1. The molecule has 9 atom stereocenters. The number of imidazole rings is 1. The number of hydrogen-bond acceptors (Lipinski definition) is 20. The summed E-state index contributed by atoms with van der Waals surface area (Å²) in [5, 5.41) is 8.73. The summed E-state index contributed by atoms with van der Waals surface area (Å²) >= 11 is 0.504. The van der Waals surface area contributed by atoms with Crippen molar-refractivity contribution >= 4 is 48.8 Å². The summed E-state index contributed by atoms with van der Waals surface area (Å²) in [6, 6.07) is 0.984. The van der Waals surface area contributed by atoms with E-state index in [1.54, 1.807) is 0 Å². The number of Topliss-reactive ketones (excluding diaryl/α,β-unsaturated/α-hetero) is 1. The third kappa shape index (κ3) is 12.5. The number of alkyl halides is 2. The van der Waals surface area contributed by atoms with Crippen LogP contribution in [-0.2, 0) is 55.7 Å². The van der Waals surface area contributed by atoms with Crippen molar-refractivity contribution in [3.8, 4) is 0 Å². The van der Waals surface area contributed by atoms with Gasteiger partial charge in [-0.1, -0.05) is 0 Å². The van der Waals surface area contributed by atoms with Crippen LogP contribution in [0.1, 0.15) is 25.3 Å². The number of fused-ring (bicyclic) bond motifs is 1. The summed E-state index contributed by atoms with van der Waals surface area (Å²) in [6.07, 6.45) is -8.49. The molecule has 0 aliphatic carbocycles. The molecule has 58 heavy (non-hydrogen) atoms. The van der Waals surface area contributed by atoms with E-state index in [0.29, 0.717) is 37.6 Å². The lowest BCUT2D eigenvalue weighted by Gasteiger charge is -2.24. The Morgan fingerprint density at radius 3 is 2.50 bits per heavy atom. The SMILES string of the molecule is COP(=O)(OC[C@H]1O[C@@H](n2cnc3c(N)ncnc32)[C@H](F)[C@@H]1OP(=O)(O)OC[C@@H]1C[C@@H](F)[C@H](n2ccc(=O)[nH]c2=O)O1)SCC(=O)COCCOCCOCCCO. The molecule has 0 bridgehead atoms. The molecule has 5 N–H and O–H groups in total. The van der Waals surface area contributed by atoms with E-state index in [1.807, 2.05) is 4.98 Å². The molecule has 28 heteroatoms. The molecule has 23 nitrogen and oxygen atoms in total. The van der Waals surface area contributed by atoms with Gasteiger partial charge in [0.2, 0.25) is 0 Å². The number of nitrogens with zero attached hydrogens (tertiary/aromatic N) is 5. The van der Waals surface area contributed by atoms with Gasteiger partial charge in [0.25, 0.3) is 5.56 Å². The topological polar surface area (TPSA) is 299 Å². The Bertz CT molecular complexity index is 2030. The van der Waals surface area contributed by atoms with Crippen molar-refractivity contribution < 1.29 is 74.5 Å². The lowest BCUT2D eigenvalue weighted by atomic mass is 10.1. The zero-order chi connectivity index (χ0) is 41.9. The van der Waals surface area contributed by atoms with Crippen molar-refractivity contribution in [1.82, 2.24) is 29.1 Å². The zero-order valence-electron chi connectivity index (χ0n) is 30.8. The van der Waals surface area contributed by atoms with E-state index in [4.69, 9.17) is 52.6 Å². The van der Waals surface area contributed by atoms with Gasteiger partial charge in [0.05, 0.1) is 57.8 Å². The van der Waals surface area contributed by atoms with Crippen LogP contribution in [0.5, 0.6) is 0 Å². The van der Waals surface area contributed by atoms with Gasteiger partial charge in [-0.05, 0) is 17.8 Å². The first-order chi connectivity index (χ1) is 27.7. The molecule has 324 valence electrons. The summed E-state index contributed by atoms with van der Waals surface area (Å²) in [6.45, 7) is -4.69.